The first-order valence-electron chi connectivity index (χ1n) is 17.6. The minimum Gasteiger partial charge on any atom is -0.264 e. The van der Waals surface area contributed by atoms with Gasteiger partial charge in [-0.25, -0.2) is 0 Å². The molecule has 0 N–H and O–H groups in total. The summed E-state index contributed by atoms with van der Waals surface area (Å²) >= 11 is 0. The summed E-state index contributed by atoms with van der Waals surface area (Å²) in [4.78, 5) is 4.36. The highest BCUT2D eigenvalue weighted by Crippen LogP contribution is 2.42. The Morgan fingerprint density at radius 2 is 0.922 bits per heavy atom. The molecule has 238 valence electrons. The molecule has 1 nitrogen and oxygen atoms in total. The molecule has 0 aliphatic rings. The summed E-state index contributed by atoms with van der Waals surface area (Å²) in [6, 6.07) is 62.5. The van der Waals surface area contributed by atoms with E-state index in [0.29, 0.717) is 0 Å². The smallest absolute Gasteiger partial charge is 0.0346 e. The van der Waals surface area contributed by atoms with Crippen molar-refractivity contribution >= 4 is 53.9 Å². The zero-order valence-corrected chi connectivity index (χ0v) is 28.3. The van der Waals surface area contributed by atoms with Crippen molar-refractivity contribution in [2.75, 3.05) is 0 Å². The van der Waals surface area contributed by atoms with Crippen molar-refractivity contribution in [2.24, 2.45) is 0 Å². The largest absolute Gasteiger partial charge is 0.264 e. The molecule has 0 fully saturated rings. The molecular weight excluding hydrogens is 615 g/mol. The number of hydrogen-bond acceptors (Lipinski definition) is 1. The van der Waals surface area contributed by atoms with Gasteiger partial charge in [0.1, 0.15) is 0 Å². The third-order valence-corrected chi connectivity index (χ3v) is 10.7. The average Bonchev–Trinajstić information content (AvgIpc) is 3.20. The standard InChI is InChI=1S/C50H33N/c1-32-8-4-9-35-21-22-37-11-6-16-47(50(37)48(32)35)46-15-5-10-36-23-24-39-30-38(25-26-43(39)49(36)46)33-17-19-34(20-18-33)41-27-28-42(40-12-7-29-51-31-40)45-14-3-2-13-44(41)45/h2-31H,1H3. The summed E-state index contributed by atoms with van der Waals surface area (Å²) in [7, 11) is 0. The van der Waals surface area contributed by atoms with Crippen molar-refractivity contribution in [3.63, 3.8) is 0 Å². The number of aryl methyl sites for hydroxylation is 1. The zero-order chi connectivity index (χ0) is 33.9. The summed E-state index contributed by atoms with van der Waals surface area (Å²) in [5, 5.41) is 12.8. The van der Waals surface area contributed by atoms with Crippen LogP contribution in [0, 0.1) is 6.92 Å². The SMILES string of the molecule is Cc1cccc2ccc3cccc(-c4cccc5ccc6cc(-c7ccc(-c8ccc(-c9cccnc9)c9ccccc89)cc7)ccc6c45)c3c12. The van der Waals surface area contributed by atoms with Gasteiger partial charge < -0.3 is 0 Å². The van der Waals surface area contributed by atoms with E-state index in [1.165, 1.54) is 98.4 Å². The first kappa shape index (κ1) is 29.4. The van der Waals surface area contributed by atoms with Crippen molar-refractivity contribution in [1.29, 1.82) is 0 Å². The molecule has 0 aliphatic carbocycles. The second-order valence-corrected chi connectivity index (χ2v) is 13.6. The minimum atomic E-state index is 1.13. The van der Waals surface area contributed by atoms with E-state index in [9.17, 15) is 0 Å². The van der Waals surface area contributed by atoms with E-state index in [1.54, 1.807) is 0 Å². The summed E-state index contributed by atoms with van der Waals surface area (Å²) in [6.45, 7) is 2.23. The lowest BCUT2D eigenvalue weighted by molar-refractivity contribution is 1.33. The Kier molecular flexibility index (Phi) is 6.79. The van der Waals surface area contributed by atoms with Crippen molar-refractivity contribution < 1.29 is 0 Å². The molecule has 0 radical (unpaired) electrons. The van der Waals surface area contributed by atoms with Gasteiger partial charge >= 0.3 is 0 Å². The fourth-order valence-corrected chi connectivity index (χ4v) is 8.25. The Morgan fingerprint density at radius 3 is 1.63 bits per heavy atom. The number of nitrogens with zero attached hydrogens (tertiary/aromatic N) is 1. The molecule has 0 unspecified atom stereocenters. The summed E-state index contributed by atoms with van der Waals surface area (Å²) in [5.41, 5.74) is 11.1. The molecule has 1 heteroatoms. The summed E-state index contributed by atoms with van der Waals surface area (Å²) in [5.74, 6) is 0. The lowest BCUT2D eigenvalue weighted by atomic mass is 9.88. The minimum absolute atomic E-state index is 1.13. The predicted molar refractivity (Wildman–Crippen MR) is 218 cm³/mol. The van der Waals surface area contributed by atoms with E-state index in [-0.39, 0.29) is 0 Å². The Hall–Kier alpha value is -6.57. The van der Waals surface area contributed by atoms with Gasteiger partial charge in [-0.2, -0.15) is 0 Å². The lowest BCUT2D eigenvalue weighted by Crippen LogP contribution is -1.89. The highest BCUT2D eigenvalue weighted by atomic mass is 14.6. The number of hydrogen-bond donors (Lipinski definition) is 0. The molecule has 9 aromatic carbocycles. The van der Waals surface area contributed by atoms with Gasteiger partial charge in [-0.3, -0.25) is 4.98 Å². The summed E-state index contributed by atoms with van der Waals surface area (Å²) < 4.78 is 0. The van der Waals surface area contributed by atoms with Crippen molar-refractivity contribution in [3.8, 4) is 44.5 Å². The van der Waals surface area contributed by atoms with Crippen LogP contribution in [0.25, 0.3) is 98.4 Å². The predicted octanol–water partition coefficient (Wildman–Crippen LogP) is 13.8. The maximum atomic E-state index is 4.36. The maximum absolute atomic E-state index is 4.36. The topological polar surface area (TPSA) is 12.9 Å². The van der Waals surface area contributed by atoms with E-state index in [1.807, 2.05) is 18.5 Å². The monoisotopic (exact) mass is 647 g/mol. The normalized spacial score (nSPS) is 11.6. The van der Waals surface area contributed by atoms with Crippen molar-refractivity contribution in [1.82, 2.24) is 4.98 Å². The van der Waals surface area contributed by atoms with Crippen LogP contribution in [-0.4, -0.2) is 4.98 Å². The molecule has 51 heavy (non-hydrogen) atoms. The third-order valence-electron chi connectivity index (χ3n) is 10.7. The van der Waals surface area contributed by atoms with Gasteiger partial charge in [0.05, 0.1) is 0 Å². The van der Waals surface area contributed by atoms with E-state index < -0.39 is 0 Å². The Morgan fingerprint density at radius 1 is 0.333 bits per heavy atom. The van der Waals surface area contributed by atoms with Crippen LogP contribution in [0.3, 0.4) is 0 Å². The summed E-state index contributed by atoms with van der Waals surface area (Å²) in [6.07, 6.45) is 3.76. The first-order chi connectivity index (χ1) is 25.2. The second-order valence-electron chi connectivity index (χ2n) is 13.6. The van der Waals surface area contributed by atoms with Crippen LogP contribution in [0.1, 0.15) is 5.56 Å². The second kappa shape index (κ2) is 11.8. The molecule has 0 spiro atoms. The quantitative estimate of drug-likeness (QED) is 0.173. The van der Waals surface area contributed by atoms with E-state index >= 15 is 0 Å². The molecular formula is C50H33N. The molecule has 1 aromatic heterocycles. The van der Waals surface area contributed by atoms with Gasteiger partial charge in [0.15, 0.2) is 0 Å². The van der Waals surface area contributed by atoms with Crippen LogP contribution in [0.15, 0.2) is 182 Å². The zero-order valence-electron chi connectivity index (χ0n) is 28.3. The van der Waals surface area contributed by atoms with Gasteiger partial charge in [-0.1, -0.05) is 158 Å². The Bertz CT molecular complexity index is 2960. The van der Waals surface area contributed by atoms with Crippen LogP contribution < -0.4 is 0 Å². The van der Waals surface area contributed by atoms with Crippen molar-refractivity contribution in [3.05, 3.63) is 188 Å². The number of benzene rings is 9. The van der Waals surface area contributed by atoms with E-state index in [0.717, 1.165) is 5.56 Å². The molecule has 0 saturated carbocycles. The third kappa shape index (κ3) is 4.81. The highest BCUT2D eigenvalue weighted by Gasteiger charge is 2.15. The average molecular weight is 648 g/mol. The molecule has 1 heterocycles. The number of aromatic nitrogens is 1. The maximum Gasteiger partial charge on any atom is 0.0346 e. The molecule has 10 rings (SSSR count). The number of pyridine rings is 1. The van der Waals surface area contributed by atoms with E-state index in [2.05, 4.69) is 176 Å². The van der Waals surface area contributed by atoms with Gasteiger partial charge in [0.2, 0.25) is 0 Å². The first-order valence-corrected chi connectivity index (χ1v) is 17.6. The van der Waals surface area contributed by atoms with Gasteiger partial charge in [0.25, 0.3) is 0 Å². The van der Waals surface area contributed by atoms with Gasteiger partial charge in [-0.05, 0) is 117 Å². The molecule has 10 aromatic rings. The van der Waals surface area contributed by atoms with Crippen LogP contribution in [0.2, 0.25) is 0 Å². The van der Waals surface area contributed by atoms with Gasteiger partial charge in [0, 0.05) is 18.0 Å². The van der Waals surface area contributed by atoms with Crippen LogP contribution in [0.5, 0.6) is 0 Å². The fourth-order valence-electron chi connectivity index (χ4n) is 8.25. The van der Waals surface area contributed by atoms with Crippen LogP contribution in [-0.2, 0) is 0 Å². The molecule has 0 bridgehead atoms. The number of rotatable bonds is 4. The van der Waals surface area contributed by atoms with Crippen LogP contribution in [0.4, 0.5) is 0 Å². The van der Waals surface area contributed by atoms with Crippen molar-refractivity contribution in [2.45, 2.75) is 6.92 Å². The molecule has 0 amide bonds. The highest BCUT2D eigenvalue weighted by molar-refractivity contribution is 6.21. The molecule has 0 atom stereocenters. The Labute approximate surface area is 297 Å². The fraction of sp³-hybridized carbons (Fsp3) is 0.0200. The van der Waals surface area contributed by atoms with Gasteiger partial charge in [-0.15, -0.1) is 0 Å². The molecule has 0 saturated heterocycles. The van der Waals surface area contributed by atoms with E-state index in [4.69, 9.17) is 0 Å². The lowest BCUT2D eigenvalue weighted by Gasteiger charge is -2.16. The van der Waals surface area contributed by atoms with Crippen LogP contribution >= 0.6 is 0 Å². The molecule has 0 aliphatic heterocycles. The Balaban J connectivity index is 1.07. The number of fused-ring (bicyclic) bond motifs is 7.